The third-order valence-electron chi connectivity index (χ3n) is 5.21. The van der Waals surface area contributed by atoms with Crippen LogP contribution >= 0.6 is 0 Å². The molecule has 3 aromatic carbocycles. The highest BCUT2D eigenvalue weighted by atomic mass is 16.3. The number of aromatic hydroxyl groups is 1. The van der Waals surface area contributed by atoms with E-state index in [2.05, 4.69) is 73.1 Å². The van der Waals surface area contributed by atoms with Crippen LogP contribution in [0, 0.1) is 30.6 Å². The maximum atomic E-state index is 9.41. The zero-order valence-electron chi connectivity index (χ0n) is 16.0. The molecule has 0 amide bonds. The van der Waals surface area contributed by atoms with Crippen molar-refractivity contribution >= 4 is 0 Å². The van der Waals surface area contributed by atoms with Gasteiger partial charge in [0, 0.05) is 22.3 Å². The Bertz CT molecular complexity index is 1090. The van der Waals surface area contributed by atoms with Gasteiger partial charge in [-0.1, -0.05) is 47.8 Å². The van der Waals surface area contributed by atoms with Crippen LogP contribution in [-0.2, 0) is 0 Å². The van der Waals surface area contributed by atoms with Crippen molar-refractivity contribution in [3.63, 3.8) is 0 Å². The number of phenolic OH excluding ortho intramolecular Hbond substituents is 1. The number of benzene rings is 3. The van der Waals surface area contributed by atoms with Crippen LogP contribution in [0.5, 0.6) is 5.75 Å². The van der Waals surface area contributed by atoms with Crippen molar-refractivity contribution in [1.29, 1.82) is 0 Å². The van der Waals surface area contributed by atoms with E-state index in [4.69, 9.17) is 0 Å². The highest BCUT2D eigenvalue weighted by Gasteiger charge is 2.21. The Hall–Kier alpha value is -3.42. The Morgan fingerprint density at radius 1 is 0.714 bits per heavy atom. The van der Waals surface area contributed by atoms with E-state index in [1.165, 1.54) is 30.4 Å². The summed E-state index contributed by atoms with van der Waals surface area (Å²) in [6.45, 7) is 2.08. The summed E-state index contributed by atoms with van der Waals surface area (Å²) in [6.07, 6.45) is 3.74. The molecule has 1 heteroatoms. The van der Waals surface area contributed by atoms with Gasteiger partial charge in [-0.3, -0.25) is 0 Å². The van der Waals surface area contributed by atoms with Crippen LogP contribution in [0.2, 0.25) is 0 Å². The Kier molecular flexibility index (Phi) is 5.18. The molecule has 0 aromatic heterocycles. The molecule has 1 aliphatic carbocycles. The molecule has 0 atom stereocenters. The summed E-state index contributed by atoms with van der Waals surface area (Å²) in [4.78, 5) is 0. The van der Waals surface area contributed by atoms with Crippen molar-refractivity contribution < 1.29 is 5.11 Å². The van der Waals surface area contributed by atoms with Crippen LogP contribution in [-0.4, -0.2) is 5.11 Å². The molecule has 0 aliphatic heterocycles. The molecule has 1 N–H and O–H groups in total. The van der Waals surface area contributed by atoms with Crippen LogP contribution in [0.15, 0.2) is 66.7 Å². The average Bonchev–Trinajstić information content (AvgIpc) is 2.67. The molecule has 0 unspecified atom stereocenters. The standard InChI is InChI=1S/C27H22O/c1-20-5-7-21(8-6-20)9-10-23-12-16-25(27(19-23)24-3-2-4-24)15-11-22-13-17-26(28)18-14-22/h5-8,12-14,16-19,24,28H,2-4H2,1H3. The first kappa shape index (κ1) is 18.0. The first-order chi connectivity index (χ1) is 13.7. The molecule has 3 aromatic rings. The van der Waals surface area contributed by atoms with Gasteiger partial charge in [0.25, 0.3) is 0 Å². The first-order valence-corrected chi connectivity index (χ1v) is 9.71. The van der Waals surface area contributed by atoms with Gasteiger partial charge in [0.05, 0.1) is 0 Å². The number of hydrogen-bond donors (Lipinski definition) is 1. The Morgan fingerprint density at radius 2 is 1.29 bits per heavy atom. The van der Waals surface area contributed by atoms with E-state index < -0.39 is 0 Å². The minimum Gasteiger partial charge on any atom is -0.508 e. The van der Waals surface area contributed by atoms with Crippen molar-refractivity contribution in [3.8, 4) is 29.4 Å². The van der Waals surface area contributed by atoms with E-state index in [-0.39, 0.29) is 5.75 Å². The summed E-state index contributed by atoms with van der Waals surface area (Å²) < 4.78 is 0. The molecule has 0 spiro atoms. The largest absolute Gasteiger partial charge is 0.508 e. The molecule has 4 rings (SSSR count). The summed E-state index contributed by atoms with van der Waals surface area (Å²) in [5.74, 6) is 14.0. The average molecular weight is 362 g/mol. The summed E-state index contributed by atoms with van der Waals surface area (Å²) in [7, 11) is 0. The lowest BCUT2D eigenvalue weighted by atomic mass is 9.78. The molecule has 0 heterocycles. The monoisotopic (exact) mass is 362 g/mol. The molecule has 1 aliphatic rings. The van der Waals surface area contributed by atoms with Gasteiger partial charge >= 0.3 is 0 Å². The lowest BCUT2D eigenvalue weighted by Crippen LogP contribution is -2.10. The summed E-state index contributed by atoms with van der Waals surface area (Å²) in [6, 6.07) is 21.7. The van der Waals surface area contributed by atoms with Crippen molar-refractivity contribution in [1.82, 2.24) is 0 Å². The van der Waals surface area contributed by atoms with Gasteiger partial charge < -0.3 is 5.11 Å². The van der Waals surface area contributed by atoms with Gasteiger partial charge in [0.15, 0.2) is 0 Å². The van der Waals surface area contributed by atoms with Gasteiger partial charge in [0.2, 0.25) is 0 Å². The molecule has 1 saturated carbocycles. The Morgan fingerprint density at radius 3 is 1.93 bits per heavy atom. The second kappa shape index (κ2) is 8.08. The van der Waals surface area contributed by atoms with Crippen LogP contribution in [0.4, 0.5) is 0 Å². The van der Waals surface area contributed by atoms with E-state index >= 15 is 0 Å². The van der Waals surface area contributed by atoms with E-state index in [1.807, 2.05) is 12.1 Å². The number of phenols is 1. The minimum atomic E-state index is 0.261. The highest BCUT2D eigenvalue weighted by Crippen LogP contribution is 2.38. The molecule has 0 saturated heterocycles. The summed E-state index contributed by atoms with van der Waals surface area (Å²) in [5, 5.41) is 9.41. The lowest BCUT2D eigenvalue weighted by Gasteiger charge is -2.27. The first-order valence-electron chi connectivity index (χ1n) is 9.71. The van der Waals surface area contributed by atoms with Crippen LogP contribution in [0.3, 0.4) is 0 Å². The number of aryl methyl sites for hydroxylation is 1. The van der Waals surface area contributed by atoms with E-state index in [1.54, 1.807) is 12.1 Å². The van der Waals surface area contributed by atoms with Crippen LogP contribution in [0.1, 0.15) is 58.6 Å². The van der Waals surface area contributed by atoms with Crippen LogP contribution in [0.25, 0.3) is 0 Å². The zero-order chi connectivity index (χ0) is 19.3. The van der Waals surface area contributed by atoms with Crippen molar-refractivity contribution in [2.45, 2.75) is 32.1 Å². The topological polar surface area (TPSA) is 20.2 Å². The fourth-order valence-corrected chi connectivity index (χ4v) is 3.28. The molecule has 136 valence electrons. The fourth-order valence-electron chi connectivity index (χ4n) is 3.28. The minimum absolute atomic E-state index is 0.261. The molecule has 28 heavy (non-hydrogen) atoms. The maximum absolute atomic E-state index is 9.41. The molecular weight excluding hydrogens is 340 g/mol. The normalized spacial score (nSPS) is 12.9. The molecule has 0 radical (unpaired) electrons. The van der Waals surface area contributed by atoms with Gasteiger partial charge in [-0.2, -0.15) is 0 Å². The molecule has 0 bridgehead atoms. The zero-order valence-corrected chi connectivity index (χ0v) is 16.0. The molecular formula is C27H22O. The second-order valence-electron chi connectivity index (χ2n) is 7.34. The van der Waals surface area contributed by atoms with Gasteiger partial charge in [-0.05, 0) is 85.8 Å². The number of hydrogen-bond acceptors (Lipinski definition) is 1. The summed E-state index contributed by atoms with van der Waals surface area (Å²) >= 11 is 0. The lowest BCUT2D eigenvalue weighted by molar-refractivity contribution is 0.419. The summed E-state index contributed by atoms with van der Waals surface area (Å²) in [5.41, 5.74) is 6.62. The van der Waals surface area contributed by atoms with E-state index in [0.717, 1.165) is 22.3 Å². The predicted octanol–water partition coefficient (Wildman–Crippen LogP) is 5.77. The van der Waals surface area contributed by atoms with Crippen molar-refractivity contribution in [2.24, 2.45) is 0 Å². The van der Waals surface area contributed by atoms with Gasteiger partial charge in [-0.15, -0.1) is 0 Å². The van der Waals surface area contributed by atoms with Crippen molar-refractivity contribution in [3.05, 3.63) is 100 Å². The Balaban J connectivity index is 1.63. The number of rotatable bonds is 1. The van der Waals surface area contributed by atoms with Crippen LogP contribution < -0.4 is 0 Å². The second-order valence-corrected chi connectivity index (χ2v) is 7.34. The highest BCUT2D eigenvalue weighted by molar-refractivity contribution is 5.53. The Labute approximate surface area is 167 Å². The molecule has 1 fully saturated rings. The smallest absolute Gasteiger partial charge is 0.115 e. The van der Waals surface area contributed by atoms with Gasteiger partial charge in [-0.25, -0.2) is 0 Å². The van der Waals surface area contributed by atoms with Gasteiger partial charge in [0.1, 0.15) is 5.75 Å². The quantitative estimate of drug-likeness (QED) is 0.545. The van der Waals surface area contributed by atoms with E-state index in [9.17, 15) is 5.11 Å². The fraction of sp³-hybridized carbons (Fsp3) is 0.185. The van der Waals surface area contributed by atoms with Crippen molar-refractivity contribution in [2.75, 3.05) is 0 Å². The van der Waals surface area contributed by atoms with E-state index in [0.29, 0.717) is 5.92 Å². The third kappa shape index (κ3) is 4.28. The molecule has 1 nitrogen and oxygen atoms in total. The SMILES string of the molecule is Cc1ccc(C#Cc2ccc(C#Cc3ccc(O)cc3)c(C3CCC3)c2)cc1. The maximum Gasteiger partial charge on any atom is 0.115 e. The third-order valence-corrected chi connectivity index (χ3v) is 5.21. The predicted molar refractivity (Wildman–Crippen MR) is 114 cm³/mol.